The molecule has 1 aromatic rings. The smallest absolute Gasteiger partial charge is 0.410 e. The number of allylic oxidation sites excluding steroid dienone is 6. The fourth-order valence-corrected chi connectivity index (χ4v) is 6.12. The summed E-state index contributed by atoms with van der Waals surface area (Å²) in [5.41, 5.74) is 6.59. The van der Waals surface area contributed by atoms with E-state index in [9.17, 15) is 4.79 Å². The van der Waals surface area contributed by atoms with Crippen LogP contribution >= 0.6 is 0 Å². The predicted molar refractivity (Wildman–Crippen MR) is 189 cm³/mol. The van der Waals surface area contributed by atoms with E-state index >= 15 is 0 Å². The van der Waals surface area contributed by atoms with Gasteiger partial charge in [-0.25, -0.2) is 4.79 Å². The maximum atomic E-state index is 12.9. The first-order valence-corrected chi connectivity index (χ1v) is 16.2. The zero-order valence-electron chi connectivity index (χ0n) is 29.0. The Labute approximate surface area is 271 Å². The summed E-state index contributed by atoms with van der Waals surface area (Å²) in [5, 5.41) is 0. The number of ether oxygens (including phenoxy) is 2. The van der Waals surface area contributed by atoms with E-state index in [2.05, 4.69) is 57.9 Å². The summed E-state index contributed by atoms with van der Waals surface area (Å²) in [6.07, 6.45) is 10.2. The molecule has 0 radical (unpaired) electrons. The molecule has 1 aliphatic heterocycles. The molecule has 0 spiro atoms. The Kier molecular flexibility index (Phi) is 12.6. The van der Waals surface area contributed by atoms with Crippen molar-refractivity contribution in [2.24, 2.45) is 21.8 Å². The molecule has 1 aromatic carbocycles. The number of piperazine rings is 1. The van der Waals surface area contributed by atoms with Crippen LogP contribution in [0.15, 0.2) is 88.8 Å². The van der Waals surface area contributed by atoms with Gasteiger partial charge in [0.25, 0.3) is 0 Å². The molecule has 1 amide bonds. The minimum Gasteiger partial charge on any atom is -0.497 e. The van der Waals surface area contributed by atoms with Gasteiger partial charge in [0.1, 0.15) is 11.4 Å². The molecule has 2 fully saturated rings. The van der Waals surface area contributed by atoms with Crippen molar-refractivity contribution in [3.8, 4) is 5.75 Å². The molecule has 0 bridgehead atoms. The molecule has 7 nitrogen and oxygen atoms in total. The van der Waals surface area contributed by atoms with Crippen molar-refractivity contribution >= 4 is 23.1 Å². The van der Waals surface area contributed by atoms with E-state index in [0.717, 1.165) is 51.6 Å². The Balaban J connectivity index is 2.13. The van der Waals surface area contributed by atoms with E-state index < -0.39 is 5.60 Å². The maximum Gasteiger partial charge on any atom is 0.410 e. The predicted octanol–water partition coefficient (Wildman–Crippen LogP) is 8.87. The van der Waals surface area contributed by atoms with E-state index in [1.807, 2.05) is 63.1 Å². The second kappa shape index (κ2) is 15.9. The van der Waals surface area contributed by atoms with Crippen LogP contribution in [0.3, 0.4) is 0 Å². The molecule has 1 saturated carbocycles. The average Bonchev–Trinajstić information content (AvgIpc) is 2.99. The third kappa shape index (κ3) is 9.09. The highest BCUT2D eigenvalue weighted by molar-refractivity contribution is 6.19. The van der Waals surface area contributed by atoms with E-state index in [0.29, 0.717) is 37.9 Å². The summed E-state index contributed by atoms with van der Waals surface area (Å²) in [7, 11) is 1.67. The number of hydrogen-bond donors (Lipinski definition) is 0. The van der Waals surface area contributed by atoms with Crippen LogP contribution < -0.4 is 4.74 Å². The first kappa shape index (κ1) is 35.6. The van der Waals surface area contributed by atoms with Crippen LogP contribution in [0, 0.1) is 11.8 Å². The van der Waals surface area contributed by atoms with Gasteiger partial charge in [-0.1, -0.05) is 44.4 Å². The van der Waals surface area contributed by atoms with Crippen molar-refractivity contribution < 1.29 is 14.3 Å². The summed E-state index contributed by atoms with van der Waals surface area (Å²) in [6.45, 7) is 26.7. The number of rotatable bonds is 11. The quantitative estimate of drug-likeness (QED) is 0.184. The van der Waals surface area contributed by atoms with Gasteiger partial charge in [0.05, 0.1) is 18.5 Å². The van der Waals surface area contributed by atoms with Gasteiger partial charge in [-0.2, -0.15) is 0 Å². The summed E-state index contributed by atoms with van der Waals surface area (Å²) < 4.78 is 11.2. The van der Waals surface area contributed by atoms with Gasteiger partial charge >= 0.3 is 6.09 Å². The molecule has 0 aromatic heterocycles. The number of benzene rings is 1. The minimum atomic E-state index is -0.538. The average molecular weight is 615 g/mol. The molecular weight excluding hydrogens is 560 g/mol. The largest absolute Gasteiger partial charge is 0.497 e. The van der Waals surface area contributed by atoms with E-state index in [4.69, 9.17) is 19.5 Å². The zero-order chi connectivity index (χ0) is 33.3. The number of nitrogens with zero attached hydrogens (tertiary/aromatic N) is 4. The molecule has 3 rings (SSSR count). The minimum absolute atomic E-state index is 0.0597. The number of methoxy groups -OCH3 is 1. The second-order valence-corrected chi connectivity index (χ2v) is 13.1. The van der Waals surface area contributed by atoms with Crippen molar-refractivity contribution in [3.05, 3.63) is 84.4 Å². The highest BCUT2D eigenvalue weighted by Crippen LogP contribution is 2.40. The molecule has 3 atom stereocenters. The molecule has 1 aliphatic carbocycles. The SMILES string of the molecule is C=CN=C(CC(=C)c1cccc(OC)c1)C(/C(=C\C)C(=N\C=C/C)/C1CCC1C)=C(\C)N1CCN(C(=O)OC(C)(C)C)C[C@@H]1C. The summed E-state index contributed by atoms with van der Waals surface area (Å²) in [5.74, 6) is 1.70. The lowest BCUT2D eigenvalue weighted by Crippen LogP contribution is -2.54. The summed E-state index contributed by atoms with van der Waals surface area (Å²) in [4.78, 5) is 27.1. The fourth-order valence-electron chi connectivity index (χ4n) is 6.12. The molecule has 7 heteroatoms. The Hall–Kier alpha value is -3.87. The van der Waals surface area contributed by atoms with Gasteiger partial charge in [0.15, 0.2) is 0 Å². The van der Waals surface area contributed by atoms with Crippen LogP contribution in [-0.4, -0.2) is 65.7 Å². The third-order valence-corrected chi connectivity index (χ3v) is 8.63. The van der Waals surface area contributed by atoms with Crippen molar-refractivity contribution in [1.29, 1.82) is 0 Å². The van der Waals surface area contributed by atoms with Crippen molar-refractivity contribution in [1.82, 2.24) is 9.80 Å². The van der Waals surface area contributed by atoms with E-state index in [-0.39, 0.29) is 12.1 Å². The Morgan fingerprint density at radius 3 is 2.40 bits per heavy atom. The van der Waals surface area contributed by atoms with Gasteiger partial charge < -0.3 is 19.3 Å². The monoisotopic (exact) mass is 614 g/mol. The lowest BCUT2D eigenvalue weighted by atomic mass is 9.69. The topological polar surface area (TPSA) is 66.7 Å². The van der Waals surface area contributed by atoms with Crippen LogP contribution in [0.2, 0.25) is 0 Å². The number of carbonyl (C=O) groups excluding carboxylic acids is 1. The Bertz CT molecular complexity index is 1390. The standard InChI is InChI=1S/C38H54N4O3/c1-12-20-40-36(33-19-18-26(33)4)32(13-2)35(34(39-14-3)23-27(5)30-16-15-17-31(24-30)44-11)29(7)42-22-21-41(25-28(42)6)37(43)45-38(8,9)10/h12-17,20,24,26,28,33H,3,5,18-19,21-23,25H2,1-2,4,6-11H3/b20-12-,32-13+,35-29+,39-34?,40-36+/t26?,28-,33?/m0/s1. The third-order valence-electron chi connectivity index (χ3n) is 8.63. The highest BCUT2D eigenvalue weighted by Gasteiger charge is 2.36. The molecule has 0 N–H and O–H groups in total. The van der Waals surface area contributed by atoms with Crippen LogP contribution in [0.5, 0.6) is 5.75 Å². The lowest BCUT2D eigenvalue weighted by molar-refractivity contribution is 0.0101. The van der Waals surface area contributed by atoms with Crippen LogP contribution in [-0.2, 0) is 4.74 Å². The lowest BCUT2D eigenvalue weighted by Gasteiger charge is -2.43. The van der Waals surface area contributed by atoms with Crippen LogP contribution in [0.1, 0.15) is 80.2 Å². The van der Waals surface area contributed by atoms with Gasteiger partial charge in [-0.15, -0.1) is 0 Å². The van der Waals surface area contributed by atoms with Crippen molar-refractivity contribution in [2.45, 2.75) is 86.3 Å². The zero-order valence-corrected chi connectivity index (χ0v) is 29.0. The molecular formula is C38H54N4O3. The van der Waals surface area contributed by atoms with Crippen molar-refractivity contribution in [2.75, 3.05) is 26.7 Å². The van der Waals surface area contributed by atoms with Gasteiger partial charge in [-0.3, -0.25) is 9.98 Å². The molecule has 1 heterocycles. The number of amides is 1. The highest BCUT2D eigenvalue weighted by atomic mass is 16.6. The van der Waals surface area contributed by atoms with Crippen LogP contribution in [0.25, 0.3) is 5.57 Å². The van der Waals surface area contributed by atoms with Crippen molar-refractivity contribution in [3.63, 3.8) is 0 Å². The summed E-state index contributed by atoms with van der Waals surface area (Å²) in [6, 6.07) is 8.04. The van der Waals surface area contributed by atoms with E-state index in [1.165, 1.54) is 6.42 Å². The fraction of sp³-hybridized carbons (Fsp3) is 0.500. The Morgan fingerprint density at radius 1 is 1.13 bits per heavy atom. The molecule has 45 heavy (non-hydrogen) atoms. The van der Waals surface area contributed by atoms with Gasteiger partial charge in [0, 0.05) is 67.3 Å². The Morgan fingerprint density at radius 2 is 1.87 bits per heavy atom. The molecule has 2 aliphatic rings. The first-order chi connectivity index (χ1) is 21.3. The number of carbonyl (C=O) groups is 1. The number of hydrogen-bond acceptors (Lipinski definition) is 6. The summed E-state index contributed by atoms with van der Waals surface area (Å²) >= 11 is 0. The normalized spacial score (nSPS) is 22.2. The first-order valence-electron chi connectivity index (χ1n) is 16.2. The second-order valence-electron chi connectivity index (χ2n) is 13.1. The van der Waals surface area contributed by atoms with E-state index in [1.54, 1.807) is 13.3 Å². The van der Waals surface area contributed by atoms with Crippen LogP contribution in [0.4, 0.5) is 4.79 Å². The van der Waals surface area contributed by atoms with Gasteiger partial charge in [-0.05, 0) is 90.5 Å². The van der Waals surface area contributed by atoms with Gasteiger partial charge in [0.2, 0.25) is 0 Å². The number of aliphatic imine (C=N–C) groups is 2. The molecule has 2 unspecified atom stereocenters. The molecule has 244 valence electrons. The molecule has 1 saturated heterocycles. The maximum absolute atomic E-state index is 12.9.